The molecule has 14 nitrogen and oxygen atoms in total. The molecule has 5 N–H and O–H groups in total. The number of thioether (sulfide) groups is 1. The first kappa shape index (κ1) is 33.7. The first-order valence-electron chi connectivity index (χ1n) is 15.1. The summed E-state index contributed by atoms with van der Waals surface area (Å²) in [7, 11) is 1.12. The maximum atomic E-state index is 14.9. The van der Waals surface area contributed by atoms with E-state index in [4.69, 9.17) is 14.2 Å². The fourth-order valence-corrected chi connectivity index (χ4v) is 10.2. The number of fused-ring (bicyclic) bond motifs is 4. The van der Waals surface area contributed by atoms with Crippen LogP contribution >= 0.6 is 11.8 Å². The maximum absolute atomic E-state index is 14.9. The molecule has 2 aromatic rings. The zero-order valence-corrected chi connectivity index (χ0v) is 26.7. The van der Waals surface area contributed by atoms with Gasteiger partial charge in [-0.2, -0.15) is 0 Å². The van der Waals surface area contributed by atoms with E-state index in [-0.39, 0.29) is 11.1 Å². The number of esters is 1. The summed E-state index contributed by atoms with van der Waals surface area (Å²) in [6.07, 6.45) is -8.20. The van der Waals surface area contributed by atoms with Crippen LogP contribution in [0.25, 0.3) is 0 Å². The maximum Gasteiger partial charge on any atom is 0.308 e. The molecule has 8 atom stereocenters. The first-order chi connectivity index (χ1) is 22.5. The zero-order valence-electron chi connectivity index (χ0n) is 25.9. The first-order valence-corrected chi connectivity index (χ1v) is 15.9. The number of Topliss-reactive ketones (excluding diaryl/α,β-unsaturated/α-hetero) is 4. The van der Waals surface area contributed by atoms with Crippen molar-refractivity contribution in [1.29, 1.82) is 0 Å². The Hall–Kier alpha value is -4.15. The van der Waals surface area contributed by atoms with E-state index in [9.17, 15) is 54.3 Å². The Morgan fingerprint density at radius 3 is 1.58 bits per heavy atom. The van der Waals surface area contributed by atoms with Gasteiger partial charge in [-0.25, -0.2) is 0 Å². The summed E-state index contributed by atoms with van der Waals surface area (Å²) in [6.45, 7) is 2.50. The van der Waals surface area contributed by atoms with Crippen LogP contribution in [0.3, 0.4) is 0 Å². The van der Waals surface area contributed by atoms with Gasteiger partial charge in [0.1, 0.15) is 21.0 Å². The summed E-state index contributed by atoms with van der Waals surface area (Å²) < 4.78 is 11.5. The number of ether oxygens (including phenoxy) is 3. The van der Waals surface area contributed by atoms with Crippen molar-refractivity contribution in [2.24, 2.45) is 0 Å². The van der Waals surface area contributed by atoms with Gasteiger partial charge in [-0.05, 0) is 38.8 Å². The predicted octanol–water partition coefficient (Wildman–Crippen LogP) is 1.62. The molecule has 254 valence electrons. The van der Waals surface area contributed by atoms with Gasteiger partial charge in [-0.3, -0.25) is 28.8 Å². The van der Waals surface area contributed by atoms with Crippen LogP contribution < -0.4 is 0 Å². The third-order valence-corrected chi connectivity index (χ3v) is 12.1. The number of rotatable bonds is 6. The number of aliphatic carboxylic acids is 1. The fourth-order valence-electron chi connectivity index (χ4n) is 7.83. The molecule has 15 heteroatoms. The topological polar surface area (TPSA) is 231 Å². The number of phenolic OH excluding ortho intramolecular Hbond substituents is 2. The SMILES string of the molecule is COC(=O)C[C@H]1C[C@@]2(S[C@@]34C[C@H](CC(=O)O)O[C@@H](C)[C@]3(O)C(=O)c3c(O)cccc3C4=O)C(=O)c3cccc(O)c3C(=O)[C@@]2(O)[C@@H](C)O1. The number of carbonyl (C=O) groups is 6. The monoisotopic (exact) mass is 684 g/mol. The minimum atomic E-state index is -2.90. The lowest BCUT2D eigenvalue weighted by atomic mass is 9.63. The number of methoxy groups -OCH3 is 1. The standard InChI is InChI=1S/C33H32O14S/c1-14-32(43)28(41)24-18(6-4-8-20(24)34)26(39)30(32,12-16(46-14)10-22(36)37)48-31-13-17(11-23(38)45-3)47-15(2)33(31,44)29(42)25-19(27(31)40)7-5-9-21(25)35/h4-9,14-17,34-35,43-44H,10-13H2,1-3H3,(H,36,37)/t14-,15+,16-,17-,30+,31+,32-,33-/m0/s1. The number of carboxylic acid groups (broad SMARTS) is 1. The fraction of sp³-hybridized carbons (Fsp3) is 0.455. The lowest BCUT2D eigenvalue weighted by molar-refractivity contribution is -0.172. The molecular formula is C33H32O14S. The summed E-state index contributed by atoms with van der Waals surface area (Å²) in [5.41, 5.74) is -7.49. The van der Waals surface area contributed by atoms with Gasteiger partial charge in [0.05, 0.1) is 55.5 Å². The number of aliphatic hydroxyl groups is 2. The van der Waals surface area contributed by atoms with E-state index in [2.05, 4.69) is 0 Å². The number of hydrogen-bond donors (Lipinski definition) is 5. The van der Waals surface area contributed by atoms with E-state index in [1.54, 1.807) is 0 Å². The van der Waals surface area contributed by atoms with Crippen molar-refractivity contribution in [3.63, 3.8) is 0 Å². The van der Waals surface area contributed by atoms with Crippen LogP contribution in [0.2, 0.25) is 0 Å². The molecule has 0 saturated carbocycles. The summed E-state index contributed by atoms with van der Waals surface area (Å²) in [4.78, 5) is 82.9. The van der Waals surface area contributed by atoms with Crippen molar-refractivity contribution in [3.8, 4) is 11.5 Å². The van der Waals surface area contributed by atoms with Crippen molar-refractivity contribution >= 4 is 46.8 Å². The summed E-state index contributed by atoms with van der Waals surface area (Å²) in [6, 6.07) is 7.31. The Morgan fingerprint density at radius 2 is 1.19 bits per heavy atom. The smallest absolute Gasteiger partial charge is 0.308 e. The molecule has 48 heavy (non-hydrogen) atoms. The minimum Gasteiger partial charge on any atom is -0.507 e. The molecule has 0 aromatic heterocycles. The van der Waals surface area contributed by atoms with Gasteiger partial charge in [0.25, 0.3) is 0 Å². The highest BCUT2D eigenvalue weighted by Gasteiger charge is 2.78. The molecule has 0 amide bonds. The molecule has 0 unspecified atom stereocenters. The Kier molecular flexibility index (Phi) is 7.87. The van der Waals surface area contributed by atoms with Crippen molar-refractivity contribution in [2.45, 2.75) is 84.6 Å². The number of hydrogen-bond acceptors (Lipinski definition) is 14. The number of ketones is 4. The Morgan fingerprint density at radius 1 is 0.771 bits per heavy atom. The largest absolute Gasteiger partial charge is 0.507 e. The summed E-state index contributed by atoms with van der Waals surface area (Å²) >= 11 is 0.332. The Bertz CT molecular complexity index is 1810. The van der Waals surface area contributed by atoms with Gasteiger partial charge in [0.2, 0.25) is 11.6 Å². The third kappa shape index (κ3) is 4.27. The van der Waals surface area contributed by atoms with Crippen LogP contribution in [-0.4, -0.2) is 113 Å². The number of benzene rings is 2. The molecule has 2 aromatic carbocycles. The molecule has 2 fully saturated rings. The molecular weight excluding hydrogens is 652 g/mol. The van der Waals surface area contributed by atoms with Crippen molar-refractivity contribution in [1.82, 2.24) is 0 Å². The summed E-state index contributed by atoms with van der Waals surface area (Å²) in [5, 5.41) is 56.3. The average molecular weight is 685 g/mol. The average Bonchev–Trinajstić information content (AvgIpc) is 3.02. The van der Waals surface area contributed by atoms with Crippen molar-refractivity contribution in [3.05, 3.63) is 58.7 Å². The van der Waals surface area contributed by atoms with E-state index < -0.39 is 128 Å². The zero-order chi connectivity index (χ0) is 35.1. The minimum absolute atomic E-state index is 0.332. The van der Waals surface area contributed by atoms with Crippen LogP contribution in [0, 0.1) is 0 Å². The van der Waals surface area contributed by atoms with Crippen LogP contribution in [-0.2, 0) is 23.8 Å². The third-order valence-electron chi connectivity index (χ3n) is 10.1. The number of carboxylic acids is 1. The van der Waals surface area contributed by atoms with Crippen LogP contribution in [0.15, 0.2) is 36.4 Å². The molecule has 2 heterocycles. The molecule has 0 bridgehead atoms. The highest BCUT2D eigenvalue weighted by molar-refractivity contribution is 8.03. The molecule has 6 rings (SSSR count). The second-order valence-corrected chi connectivity index (χ2v) is 14.2. The molecule has 4 aliphatic rings. The lowest BCUT2D eigenvalue weighted by Crippen LogP contribution is -2.79. The Labute approximate surface area is 277 Å². The van der Waals surface area contributed by atoms with Crippen LogP contribution in [0.1, 0.15) is 81.0 Å². The van der Waals surface area contributed by atoms with Crippen molar-refractivity contribution < 1.29 is 68.5 Å². The van der Waals surface area contributed by atoms with E-state index in [1.807, 2.05) is 0 Å². The van der Waals surface area contributed by atoms with Gasteiger partial charge in [0, 0.05) is 11.1 Å². The van der Waals surface area contributed by atoms with E-state index in [1.165, 1.54) is 38.1 Å². The van der Waals surface area contributed by atoms with Crippen molar-refractivity contribution in [2.75, 3.05) is 7.11 Å². The molecule has 2 aliphatic heterocycles. The second kappa shape index (κ2) is 11.2. The van der Waals surface area contributed by atoms with E-state index >= 15 is 0 Å². The normalized spacial score (nSPS) is 35.6. The highest BCUT2D eigenvalue weighted by atomic mass is 32.2. The molecule has 0 radical (unpaired) electrons. The highest BCUT2D eigenvalue weighted by Crippen LogP contribution is 2.64. The van der Waals surface area contributed by atoms with Crippen LogP contribution in [0.4, 0.5) is 0 Å². The van der Waals surface area contributed by atoms with Gasteiger partial charge < -0.3 is 39.7 Å². The van der Waals surface area contributed by atoms with Crippen LogP contribution in [0.5, 0.6) is 11.5 Å². The van der Waals surface area contributed by atoms with Gasteiger partial charge in [-0.1, -0.05) is 24.3 Å². The number of carbonyl (C=O) groups excluding carboxylic acids is 5. The quantitative estimate of drug-likeness (QED) is 0.272. The van der Waals surface area contributed by atoms with Gasteiger partial charge >= 0.3 is 11.9 Å². The molecule has 0 spiro atoms. The van der Waals surface area contributed by atoms with Gasteiger partial charge in [0.15, 0.2) is 22.8 Å². The summed E-state index contributed by atoms with van der Waals surface area (Å²) in [5.74, 6) is -7.64. The second-order valence-electron chi connectivity index (χ2n) is 12.6. The Balaban J connectivity index is 1.67. The molecule has 2 aliphatic carbocycles. The predicted molar refractivity (Wildman–Crippen MR) is 163 cm³/mol. The van der Waals surface area contributed by atoms with Gasteiger partial charge in [-0.15, -0.1) is 11.8 Å². The number of aromatic hydroxyl groups is 2. The van der Waals surface area contributed by atoms with E-state index in [0.717, 1.165) is 19.2 Å². The van der Waals surface area contributed by atoms with E-state index in [0.29, 0.717) is 11.8 Å². The number of phenols is 2. The lowest BCUT2D eigenvalue weighted by Gasteiger charge is -2.61. The molecule has 2 saturated heterocycles.